The minimum atomic E-state index is -0.192. The van der Waals surface area contributed by atoms with Gasteiger partial charge in [0.1, 0.15) is 0 Å². The van der Waals surface area contributed by atoms with Crippen molar-refractivity contribution in [3.8, 4) is 0 Å². The highest BCUT2D eigenvalue weighted by molar-refractivity contribution is 5.77. The van der Waals surface area contributed by atoms with Gasteiger partial charge in [-0.3, -0.25) is 9.59 Å². The minimum absolute atomic E-state index is 0.178. The monoisotopic (exact) mass is 327 g/mol. The van der Waals surface area contributed by atoms with Gasteiger partial charge in [-0.2, -0.15) is 0 Å². The van der Waals surface area contributed by atoms with Crippen molar-refractivity contribution in [2.75, 3.05) is 13.2 Å². The second-order valence-electron chi connectivity index (χ2n) is 6.33. The zero-order valence-corrected chi connectivity index (χ0v) is 15.7. The molecule has 0 aromatic heterocycles. The van der Waals surface area contributed by atoms with Crippen LogP contribution in [0, 0.1) is 0 Å². The lowest BCUT2D eigenvalue weighted by atomic mass is 10.1. The molecule has 1 unspecified atom stereocenters. The Morgan fingerprint density at radius 3 is 2.17 bits per heavy atom. The normalized spacial score (nSPS) is 12.0. The van der Waals surface area contributed by atoms with E-state index in [4.69, 9.17) is 4.74 Å². The van der Waals surface area contributed by atoms with Crippen LogP contribution in [0.25, 0.3) is 0 Å². The summed E-state index contributed by atoms with van der Waals surface area (Å²) in [5.41, 5.74) is 0. The summed E-state index contributed by atoms with van der Waals surface area (Å²) >= 11 is 0. The molecule has 136 valence electrons. The third-order valence-corrected chi connectivity index (χ3v) is 4.26. The third kappa shape index (κ3) is 11.2. The molecular formula is C19H37NO3. The van der Waals surface area contributed by atoms with Crippen LogP contribution in [0.2, 0.25) is 0 Å². The fraction of sp³-hybridized carbons (Fsp3) is 0.895. The third-order valence-electron chi connectivity index (χ3n) is 4.26. The van der Waals surface area contributed by atoms with E-state index in [9.17, 15) is 9.59 Å². The summed E-state index contributed by atoms with van der Waals surface area (Å²) in [5, 5.41) is 0. The molecule has 0 fully saturated rings. The van der Waals surface area contributed by atoms with Crippen LogP contribution in [0.1, 0.15) is 91.9 Å². The van der Waals surface area contributed by atoms with Gasteiger partial charge in [-0.1, -0.05) is 52.9 Å². The molecule has 0 saturated carbocycles. The Morgan fingerprint density at radius 1 is 0.913 bits per heavy atom. The molecule has 23 heavy (non-hydrogen) atoms. The first-order valence-electron chi connectivity index (χ1n) is 9.51. The molecule has 0 aliphatic rings. The Balaban J connectivity index is 4.19. The van der Waals surface area contributed by atoms with Crippen molar-refractivity contribution >= 4 is 11.9 Å². The Hall–Kier alpha value is -1.06. The van der Waals surface area contributed by atoms with Crippen molar-refractivity contribution in [1.82, 2.24) is 4.90 Å². The van der Waals surface area contributed by atoms with Crippen LogP contribution < -0.4 is 0 Å². The molecule has 0 bridgehead atoms. The van der Waals surface area contributed by atoms with E-state index in [1.807, 2.05) is 4.90 Å². The van der Waals surface area contributed by atoms with Gasteiger partial charge in [-0.25, -0.2) is 0 Å². The van der Waals surface area contributed by atoms with Gasteiger partial charge in [-0.05, 0) is 26.2 Å². The molecule has 1 atom stereocenters. The topological polar surface area (TPSA) is 46.6 Å². The van der Waals surface area contributed by atoms with Crippen molar-refractivity contribution in [2.45, 2.75) is 97.9 Å². The molecular weight excluding hydrogens is 290 g/mol. The number of rotatable bonds is 14. The zero-order valence-electron chi connectivity index (χ0n) is 15.7. The lowest BCUT2D eigenvalue weighted by Crippen LogP contribution is -2.39. The maximum absolute atomic E-state index is 12.4. The molecule has 4 heteroatoms. The van der Waals surface area contributed by atoms with Crippen LogP contribution in [0.3, 0.4) is 0 Å². The Morgan fingerprint density at radius 2 is 1.57 bits per heavy atom. The van der Waals surface area contributed by atoms with Crippen LogP contribution >= 0.6 is 0 Å². The molecule has 0 heterocycles. The Labute approximate surface area is 143 Å². The molecule has 0 aliphatic heterocycles. The van der Waals surface area contributed by atoms with Crippen molar-refractivity contribution in [3.05, 3.63) is 0 Å². The maximum atomic E-state index is 12.4. The zero-order chi connectivity index (χ0) is 17.5. The predicted molar refractivity (Wildman–Crippen MR) is 95.3 cm³/mol. The van der Waals surface area contributed by atoms with E-state index in [0.29, 0.717) is 26.0 Å². The second-order valence-corrected chi connectivity index (χ2v) is 6.33. The van der Waals surface area contributed by atoms with Gasteiger partial charge in [0.2, 0.25) is 5.91 Å². The van der Waals surface area contributed by atoms with E-state index in [0.717, 1.165) is 32.1 Å². The first-order valence-corrected chi connectivity index (χ1v) is 9.51. The number of nitrogens with zero attached hydrogens (tertiary/aromatic N) is 1. The highest BCUT2D eigenvalue weighted by Gasteiger charge is 2.19. The van der Waals surface area contributed by atoms with Crippen LogP contribution in [-0.4, -0.2) is 36.0 Å². The van der Waals surface area contributed by atoms with Crippen LogP contribution in [0.5, 0.6) is 0 Å². The Kier molecular flexibility index (Phi) is 13.9. The average molecular weight is 328 g/mol. The highest BCUT2D eigenvalue weighted by Crippen LogP contribution is 2.12. The lowest BCUT2D eigenvalue weighted by Gasteiger charge is -2.28. The molecule has 0 saturated heterocycles. The number of hydrogen-bond acceptors (Lipinski definition) is 3. The summed E-state index contributed by atoms with van der Waals surface area (Å²) in [6, 6.07) is 0.182. The number of carbonyl (C=O) groups is 2. The number of amides is 1. The molecule has 4 nitrogen and oxygen atoms in total. The number of carbonyl (C=O) groups excluding carboxylic acids is 2. The minimum Gasteiger partial charge on any atom is -0.466 e. The van der Waals surface area contributed by atoms with Gasteiger partial charge in [0, 0.05) is 19.0 Å². The smallest absolute Gasteiger partial charge is 0.307 e. The molecule has 0 spiro atoms. The fourth-order valence-electron chi connectivity index (χ4n) is 2.45. The predicted octanol–water partition coefficient (Wildman–Crippen LogP) is 4.71. The number of ether oxygens (including phenoxy) is 1. The summed E-state index contributed by atoms with van der Waals surface area (Å²) in [7, 11) is 0. The number of unbranched alkanes of at least 4 members (excludes halogenated alkanes) is 5. The van der Waals surface area contributed by atoms with Gasteiger partial charge in [-0.15, -0.1) is 0 Å². The molecule has 0 aliphatic carbocycles. The van der Waals surface area contributed by atoms with Gasteiger partial charge in [0.25, 0.3) is 0 Å². The quantitative estimate of drug-likeness (QED) is 0.343. The summed E-state index contributed by atoms with van der Waals surface area (Å²) in [5.74, 6) is -0.0142. The van der Waals surface area contributed by atoms with Gasteiger partial charge < -0.3 is 9.64 Å². The van der Waals surface area contributed by atoms with Gasteiger partial charge in [0.15, 0.2) is 0 Å². The van der Waals surface area contributed by atoms with Crippen LogP contribution in [0.4, 0.5) is 0 Å². The molecule has 0 aromatic rings. The molecule has 0 N–H and O–H groups in total. The Bertz CT molecular complexity index is 318. The van der Waals surface area contributed by atoms with E-state index in [1.165, 1.54) is 19.3 Å². The molecule has 0 radical (unpaired) electrons. The van der Waals surface area contributed by atoms with E-state index < -0.39 is 0 Å². The molecule has 0 aromatic carbocycles. The van der Waals surface area contributed by atoms with Crippen LogP contribution in [-0.2, 0) is 14.3 Å². The largest absolute Gasteiger partial charge is 0.466 e. The lowest BCUT2D eigenvalue weighted by molar-refractivity contribution is -0.145. The van der Waals surface area contributed by atoms with E-state index >= 15 is 0 Å². The summed E-state index contributed by atoms with van der Waals surface area (Å²) in [6.45, 7) is 9.36. The van der Waals surface area contributed by atoms with Gasteiger partial charge >= 0.3 is 5.97 Å². The highest BCUT2D eigenvalue weighted by atomic mass is 16.5. The first kappa shape index (κ1) is 21.9. The van der Waals surface area contributed by atoms with Crippen molar-refractivity contribution in [2.24, 2.45) is 0 Å². The van der Waals surface area contributed by atoms with E-state index in [2.05, 4.69) is 27.7 Å². The first-order chi connectivity index (χ1) is 11.1. The average Bonchev–Trinajstić information content (AvgIpc) is 2.54. The van der Waals surface area contributed by atoms with E-state index in [1.54, 1.807) is 0 Å². The SMILES string of the molecule is CCCCCCCC(=O)N(CCC(=O)OCCCC)C(C)CC. The molecule has 0 rings (SSSR count). The number of hydrogen-bond donors (Lipinski definition) is 0. The van der Waals surface area contributed by atoms with Gasteiger partial charge in [0.05, 0.1) is 13.0 Å². The summed E-state index contributed by atoms with van der Waals surface area (Å²) < 4.78 is 5.17. The van der Waals surface area contributed by atoms with Crippen molar-refractivity contribution in [3.63, 3.8) is 0 Å². The summed E-state index contributed by atoms with van der Waals surface area (Å²) in [4.78, 5) is 26.0. The van der Waals surface area contributed by atoms with E-state index in [-0.39, 0.29) is 17.9 Å². The second kappa shape index (κ2) is 14.5. The molecule has 1 amide bonds. The van der Waals surface area contributed by atoms with Crippen molar-refractivity contribution in [1.29, 1.82) is 0 Å². The maximum Gasteiger partial charge on any atom is 0.307 e. The standard InChI is InChI=1S/C19H37NO3/c1-5-8-10-11-12-13-18(21)20(17(4)7-3)15-14-19(22)23-16-9-6-2/h17H,5-16H2,1-4H3. The fourth-order valence-corrected chi connectivity index (χ4v) is 2.45. The number of esters is 1. The van der Waals surface area contributed by atoms with Crippen LogP contribution in [0.15, 0.2) is 0 Å². The van der Waals surface area contributed by atoms with Crippen molar-refractivity contribution < 1.29 is 14.3 Å². The summed E-state index contributed by atoms with van der Waals surface area (Å²) in [6.07, 6.45) is 9.46.